The van der Waals surface area contributed by atoms with Crippen LogP contribution in [0.15, 0.2) is 12.1 Å². The van der Waals surface area contributed by atoms with E-state index in [1.54, 1.807) is 0 Å². The van der Waals surface area contributed by atoms with Gasteiger partial charge in [-0.2, -0.15) is 0 Å². The molecule has 1 aromatic carbocycles. The van der Waals surface area contributed by atoms with Gasteiger partial charge in [-0.05, 0) is 22.7 Å². The van der Waals surface area contributed by atoms with Gasteiger partial charge in [-0.25, -0.2) is 8.78 Å². The maximum Gasteiger partial charge on any atom is 0.162 e. The Morgan fingerprint density at radius 2 is 1.33 bits per heavy atom. The second-order valence-electron chi connectivity index (χ2n) is 6.43. The van der Waals surface area contributed by atoms with E-state index in [1.807, 2.05) is 0 Å². The van der Waals surface area contributed by atoms with Crippen molar-refractivity contribution in [2.24, 2.45) is 0 Å². The molecule has 0 radical (unpaired) electrons. The molecule has 0 amide bonds. The van der Waals surface area contributed by atoms with E-state index in [0.29, 0.717) is 16.6 Å². The fourth-order valence-corrected chi connectivity index (χ4v) is 8.46. The van der Waals surface area contributed by atoms with Crippen molar-refractivity contribution < 1.29 is 13.9 Å². The highest BCUT2D eigenvalue weighted by molar-refractivity contribution is 6.90. The Morgan fingerprint density at radius 3 is 1.76 bits per heavy atom. The van der Waals surface area contributed by atoms with Gasteiger partial charge in [0.25, 0.3) is 0 Å². The molecule has 0 unspecified atom stereocenters. The van der Waals surface area contributed by atoms with Gasteiger partial charge < -0.3 is 5.11 Å². The molecule has 0 fully saturated rings. The van der Waals surface area contributed by atoms with Crippen molar-refractivity contribution in [1.82, 2.24) is 0 Å². The third kappa shape index (κ3) is 3.46. The molecule has 1 nitrogen and oxygen atoms in total. The van der Waals surface area contributed by atoms with E-state index in [4.69, 9.17) is 0 Å². The normalized spacial score (nSPS) is 12.0. The van der Waals surface area contributed by atoms with Gasteiger partial charge in [0, 0.05) is 6.07 Å². The molecule has 0 aliphatic carbocycles. The van der Waals surface area contributed by atoms with E-state index in [-0.39, 0.29) is 11.3 Å². The minimum absolute atomic E-state index is 0.160. The van der Waals surface area contributed by atoms with Crippen molar-refractivity contribution in [3.8, 4) is 17.2 Å². The molecule has 0 saturated carbocycles. The summed E-state index contributed by atoms with van der Waals surface area (Å²) in [6, 6.07) is 1.75. The standard InChI is InChI=1S/C17H24F2OSi/c1-11(2)21(12(3)4,13(5)6)8-7-14-9-15(18)16(19)10-17(14)20/h9-13,20H,1-6H3. The number of halogens is 2. The van der Waals surface area contributed by atoms with Crippen molar-refractivity contribution in [2.75, 3.05) is 0 Å². The first-order chi connectivity index (χ1) is 9.62. The Balaban J connectivity index is 3.39. The van der Waals surface area contributed by atoms with E-state index in [0.717, 1.165) is 12.1 Å². The van der Waals surface area contributed by atoms with Crippen LogP contribution in [0.1, 0.15) is 47.1 Å². The number of hydrogen-bond donors (Lipinski definition) is 1. The maximum atomic E-state index is 13.3. The fourth-order valence-electron chi connectivity index (χ4n) is 3.25. The van der Waals surface area contributed by atoms with Crippen molar-refractivity contribution in [3.05, 3.63) is 29.3 Å². The largest absolute Gasteiger partial charge is 0.507 e. The zero-order chi connectivity index (χ0) is 16.4. The van der Waals surface area contributed by atoms with Gasteiger partial charge in [0.15, 0.2) is 11.6 Å². The van der Waals surface area contributed by atoms with Gasteiger partial charge in [0.05, 0.1) is 5.56 Å². The summed E-state index contributed by atoms with van der Waals surface area (Å²) in [6.45, 7) is 13.0. The molecule has 0 aliphatic heterocycles. The molecule has 1 aromatic rings. The molecule has 0 aliphatic rings. The lowest BCUT2D eigenvalue weighted by atomic mass is 10.2. The van der Waals surface area contributed by atoms with Crippen LogP contribution in [0.4, 0.5) is 8.78 Å². The number of benzene rings is 1. The predicted octanol–water partition coefficient (Wildman–Crippen LogP) is 5.24. The van der Waals surface area contributed by atoms with Crippen molar-refractivity contribution in [3.63, 3.8) is 0 Å². The summed E-state index contributed by atoms with van der Waals surface area (Å²) >= 11 is 0. The van der Waals surface area contributed by atoms with Crippen LogP contribution in [0.25, 0.3) is 0 Å². The zero-order valence-electron chi connectivity index (χ0n) is 13.6. The first kappa shape index (κ1) is 17.7. The molecular weight excluding hydrogens is 286 g/mol. The molecule has 21 heavy (non-hydrogen) atoms. The Bertz CT molecular complexity index is 546. The van der Waals surface area contributed by atoms with Gasteiger partial charge in [0.2, 0.25) is 0 Å². The molecule has 0 aromatic heterocycles. The Labute approximate surface area is 127 Å². The summed E-state index contributed by atoms with van der Waals surface area (Å²) in [4.78, 5) is 0. The van der Waals surface area contributed by atoms with Gasteiger partial charge in [-0.1, -0.05) is 47.5 Å². The van der Waals surface area contributed by atoms with Crippen LogP contribution >= 0.6 is 0 Å². The van der Waals surface area contributed by atoms with Crippen molar-refractivity contribution in [1.29, 1.82) is 0 Å². The second kappa shape index (κ2) is 6.61. The van der Waals surface area contributed by atoms with E-state index >= 15 is 0 Å². The smallest absolute Gasteiger partial charge is 0.162 e. The number of phenolic OH excluding ortho intramolecular Hbond substituents is 1. The van der Waals surface area contributed by atoms with E-state index in [1.165, 1.54) is 0 Å². The minimum Gasteiger partial charge on any atom is -0.507 e. The molecule has 0 bridgehead atoms. The molecule has 1 rings (SSSR count). The van der Waals surface area contributed by atoms with E-state index < -0.39 is 19.7 Å². The molecule has 0 spiro atoms. The third-order valence-corrected chi connectivity index (χ3v) is 10.6. The average Bonchev–Trinajstić information content (AvgIpc) is 2.34. The van der Waals surface area contributed by atoms with Crippen LogP contribution in [-0.2, 0) is 0 Å². The lowest BCUT2D eigenvalue weighted by molar-refractivity contribution is 0.453. The van der Waals surface area contributed by atoms with Gasteiger partial charge in [-0.15, -0.1) is 5.54 Å². The Morgan fingerprint density at radius 1 is 0.905 bits per heavy atom. The fraction of sp³-hybridized carbons (Fsp3) is 0.529. The van der Waals surface area contributed by atoms with Crippen LogP contribution in [0.5, 0.6) is 5.75 Å². The SMILES string of the molecule is CC(C)[Si](C#Cc1cc(F)c(F)cc1O)(C(C)C)C(C)C. The highest BCUT2D eigenvalue weighted by Crippen LogP contribution is 2.40. The summed E-state index contributed by atoms with van der Waals surface area (Å²) < 4.78 is 26.4. The summed E-state index contributed by atoms with van der Waals surface area (Å²) in [6.07, 6.45) is 0. The highest BCUT2D eigenvalue weighted by Gasteiger charge is 2.41. The predicted molar refractivity (Wildman–Crippen MR) is 85.9 cm³/mol. The zero-order valence-corrected chi connectivity index (χ0v) is 14.6. The number of phenols is 1. The summed E-state index contributed by atoms with van der Waals surface area (Å²) in [5.74, 6) is 0.575. The molecule has 0 saturated heterocycles. The molecular formula is C17H24F2OSi. The quantitative estimate of drug-likeness (QED) is 0.598. The van der Waals surface area contributed by atoms with Crippen LogP contribution in [0.2, 0.25) is 16.6 Å². The Kier molecular flexibility index (Phi) is 5.58. The minimum atomic E-state index is -1.95. The topological polar surface area (TPSA) is 20.2 Å². The van der Waals surface area contributed by atoms with E-state index in [9.17, 15) is 13.9 Å². The number of rotatable bonds is 3. The third-order valence-electron chi connectivity index (χ3n) is 4.32. The van der Waals surface area contributed by atoms with Gasteiger partial charge >= 0.3 is 0 Å². The van der Waals surface area contributed by atoms with Crippen LogP contribution in [0.3, 0.4) is 0 Å². The number of hydrogen-bond acceptors (Lipinski definition) is 1. The molecule has 116 valence electrons. The molecule has 0 atom stereocenters. The molecule has 0 heterocycles. The van der Waals surface area contributed by atoms with Gasteiger partial charge in [0.1, 0.15) is 13.8 Å². The summed E-state index contributed by atoms with van der Waals surface area (Å²) in [7, 11) is -1.95. The number of aromatic hydroxyl groups is 1. The lowest BCUT2D eigenvalue weighted by Gasteiger charge is -2.38. The maximum absolute atomic E-state index is 13.3. The summed E-state index contributed by atoms with van der Waals surface area (Å²) in [5, 5.41) is 9.73. The molecule has 1 N–H and O–H groups in total. The van der Waals surface area contributed by atoms with Crippen LogP contribution in [0, 0.1) is 23.1 Å². The van der Waals surface area contributed by atoms with Crippen molar-refractivity contribution in [2.45, 2.75) is 58.2 Å². The Hall–Kier alpha value is -1.34. The van der Waals surface area contributed by atoms with Crippen LogP contribution in [-0.4, -0.2) is 13.2 Å². The van der Waals surface area contributed by atoms with Crippen LogP contribution < -0.4 is 0 Å². The van der Waals surface area contributed by atoms with Gasteiger partial charge in [-0.3, -0.25) is 0 Å². The lowest BCUT2D eigenvalue weighted by Crippen LogP contribution is -2.43. The monoisotopic (exact) mass is 310 g/mol. The average molecular weight is 310 g/mol. The summed E-state index contributed by atoms with van der Waals surface area (Å²) in [5.41, 5.74) is 4.86. The van der Waals surface area contributed by atoms with Crippen molar-refractivity contribution >= 4 is 8.07 Å². The first-order valence-electron chi connectivity index (χ1n) is 7.34. The highest BCUT2D eigenvalue weighted by atomic mass is 28.3. The van der Waals surface area contributed by atoms with E-state index in [2.05, 4.69) is 53.0 Å². The molecule has 4 heteroatoms. The second-order valence-corrected chi connectivity index (χ2v) is 12.0. The first-order valence-corrected chi connectivity index (χ1v) is 9.57.